The first-order valence-corrected chi connectivity index (χ1v) is 4.19. The molecule has 0 amide bonds. The molecule has 2 nitrogen and oxygen atoms in total. The Morgan fingerprint density at radius 2 is 2.18 bits per heavy atom. The number of rotatable bonds is 5. The molecular formula is C9H19NO. The summed E-state index contributed by atoms with van der Waals surface area (Å²) in [7, 11) is 0. The fourth-order valence-corrected chi connectivity index (χ4v) is 0.996. The third-order valence-electron chi connectivity index (χ3n) is 2.01. The molecule has 0 aromatic heterocycles. The Kier molecular flexibility index (Phi) is 5.16. The van der Waals surface area contributed by atoms with Crippen molar-refractivity contribution in [1.29, 1.82) is 0 Å². The second kappa shape index (κ2) is 5.33. The zero-order valence-electron chi connectivity index (χ0n) is 7.46. The summed E-state index contributed by atoms with van der Waals surface area (Å²) in [5, 5.41) is 9.45. The predicted octanol–water partition coefficient (Wildman–Crippen LogP) is 1.30. The molecule has 2 unspecified atom stereocenters. The lowest BCUT2D eigenvalue weighted by Gasteiger charge is -2.21. The first-order chi connectivity index (χ1) is 5.13. The summed E-state index contributed by atoms with van der Waals surface area (Å²) in [5.74, 6) is 0.191. The summed E-state index contributed by atoms with van der Waals surface area (Å²) in [6, 6.07) is -0.160. The maximum absolute atomic E-state index is 9.45. The minimum Gasteiger partial charge on any atom is -0.391 e. The van der Waals surface area contributed by atoms with Crippen molar-refractivity contribution in [3.63, 3.8) is 0 Å². The molecule has 11 heavy (non-hydrogen) atoms. The van der Waals surface area contributed by atoms with Crippen molar-refractivity contribution in [3.05, 3.63) is 12.7 Å². The zero-order valence-corrected chi connectivity index (χ0v) is 7.46. The number of hydrogen-bond acceptors (Lipinski definition) is 2. The van der Waals surface area contributed by atoms with E-state index in [9.17, 15) is 5.11 Å². The van der Waals surface area contributed by atoms with Crippen molar-refractivity contribution in [2.45, 2.75) is 38.8 Å². The van der Waals surface area contributed by atoms with Crippen LogP contribution in [0.15, 0.2) is 12.7 Å². The first kappa shape index (κ1) is 10.7. The molecule has 0 heterocycles. The second-order valence-corrected chi connectivity index (χ2v) is 3.03. The Morgan fingerprint density at radius 3 is 2.55 bits per heavy atom. The van der Waals surface area contributed by atoms with Gasteiger partial charge in [0.25, 0.3) is 0 Å². The lowest BCUT2D eigenvalue weighted by atomic mass is 9.95. The van der Waals surface area contributed by atoms with Crippen molar-refractivity contribution in [3.8, 4) is 0 Å². The van der Waals surface area contributed by atoms with E-state index < -0.39 is 0 Å². The van der Waals surface area contributed by atoms with Crippen molar-refractivity contribution in [2.24, 2.45) is 11.7 Å². The predicted molar refractivity (Wildman–Crippen MR) is 48.3 cm³/mol. The summed E-state index contributed by atoms with van der Waals surface area (Å²) < 4.78 is 0. The van der Waals surface area contributed by atoms with Crippen LogP contribution in [-0.2, 0) is 0 Å². The van der Waals surface area contributed by atoms with Crippen LogP contribution in [0.4, 0.5) is 0 Å². The van der Waals surface area contributed by atoms with E-state index in [1.54, 1.807) is 6.08 Å². The summed E-state index contributed by atoms with van der Waals surface area (Å²) in [4.78, 5) is 0. The minimum absolute atomic E-state index is 0.160. The molecule has 2 heteroatoms. The molecule has 0 aromatic rings. The molecule has 0 radical (unpaired) electrons. The van der Waals surface area contributed by atoms with Crippen molar-refractivity contribution >= 4 is 0 Å². The molecule has 3 atom stereocenters. The van der Waals surface area contributed by atoms with Gasteiger partial charge in [0.2, 0.25) is 0 Å². The molecular weight excluding hydrogens is 138 g/mol. The Morgan fingerprint density at radius 1 is 1.64 bits per heavy atom. The molecule has 0 aliphatic carbocycles. The van der Waals surface area contributed by atoms with Gasteiger partial charge in [-0.3, -0.25) is 0 Å². The maximum Gasteiger partial charge on any atom is 0.0696 e. The monoisotopic (exact) mass is 157 g/mol. The molecule has 0 saturated heterocycles. The van der Waals surface area contributed by atoms with Gasteiger partial charge >= 0.3 is 0 Å². The number of aliphatic hydroxyl groups is 1. The standard InChI is InChI=1S/C9H19NO/c1-4-6-8(11)9(10)7(3)5-2/h5,7-9,11H,2,4,6,10H2,1,3H3/t7?,8-,9?/m1/s1. The summed E-state index contributed by atoms with van der Waals surface area (Å²) in [6.07, 6.45) is 3.15. The normalized spacial score (nSPS) is 18.9. The molecule has 0 aliphatic heterocycles. The van der Waals surface area contributed by atoms with Gasteiger partial charge in [0.1, 0.15) is 0 Å². The van der Waals surface area contributed by atoms with Crippen LogP contribution in [0.1, 0.15) is 26.7 Å². The molecule has 0 fully saturated rings. The van der Waals surface area contributed by atoms with E-state index in [2.05, 4.69) is 6.58 Å². The second-order valence-electron chi connectivity index (χ2n) is 3.03. The molecule has 0 rings (SSSR count). The topological polar surface area (TPSA) is 46.2 Å². The summed E-state index contributed by atoms with van der Waals surface area (Å²) >= 11 is 0. The van der Waals surface area contributed by atoms with Gasteiger partial charge in [-0.15, -0.1) is 6.58 Å². The molecule has 0 aromatic carbocycles. The van der Waals surface area contributed by atoms with Gasteiger partial charge in [-0.2, -0.15) is 0 Å². The molecule has 3 N–H and O–H groups in total. The van der Waals surface area contributed by atoms with Gasteiger partial charge in [0, 0.05) is 6.04 Å². The summed E-state index contributed by atoms with van der Waals surface area (Å²) in [6.45, 7) is 7.64. The van der Waals surface area contributed by atoms with Crippen LogP contribution in [-0.4, -0.2) is 17.3 Å². The van der Waals surface area contributed by atoms with E-state index in [0.29, 0.717) is 0 Å². The maximum atomic E-state index is 9.45. The van der Waals surface area contributed by atoms with Crippen molar-refractivity contribution in [1.82, 2.24) is 0 Å². The molecule has 0 bridgehead atoms. The van der Waals surface area contributed by atoms with Gasteiger partial charge in [-0.05, 0) is 12.3 Å². The van der Waals surface area contributed by atoms with E-state index in [1.807, 2.05) is 13.8 Å². The highest BCUT2D eigenvalue weighted by atomic mass is 16.3. The Labute approximate surface area is 69.1 Å². The third kappa shape index (κ3) is 3.54. The van der Waals surface area contributed by atoms with Crippen LogP contribution in [0, 0.1) is 5.92 Å². The highest BCUT2D eigenvalue weighted by molar-refractivity contribution is 4.87. The van der Waals surface area contributed by atoms with E-state index in [-0.39, 0.29) is 18.1 Å². The highest BCUT2D eigenvalue weighted by Crippen LogP contribution is 2.09. The average molecular weight is 157 g/mol. The van der Waals surface area contributed by atoms with Gasteiger partial charge in [0.05, 0.1) is 6.10 Å². The van der Waals surface area contributed by atoms with E-state index in [0.717, 1.165) is 12.8 Å². The Balaban J connectivity index is 3.79. The van der Waals surface area contributed by atoms with E-state index >= 15 is 0 Å². The quantitative estimate of drug-likeness (QED) is 0.591. The fourth-order valence-electron chi connectivity index (χ4n) is 0.996. The first-order valence-electron chi connectivity index (χ1n) is 4.19. The number of nitrogens with two attached hydrogens (primary N) is 1. The van der Waals surface area contributed by atoms with Crippen LogP contribution in [0.5, 0.6) is 0 Å². The van der Waals surface area contributed by atoms with Gasteiger partial charge in [-0.25, -0.2) is 0 Å². The highest BCUT2D eigenvalue weighted by Gasteiger charge is 2.17. The van der Waals surface area contributed by atoms with E-state index in [4.69, 9.17) is 5.73 Å². The molecule has 0 aliphatic rings. The van der Waals surface area contributed by atoms with Crippen LogP contribution < -0.4 is 5.73 Å². The third-order valence-corrected chi connectivity index (χ3v) is 2.01. The number of hydrogen-bond donors (Lipinski definition) is 2. The van der Waals surface area contributed by atoms with Crippen LogP contribution >= 0.6 is 0 Å². The molecule has 0 spiro atoms. The van der Waals surface area contributed by atoms with Crippen molar-refractivity contribution in [2.75, 3.05) is 0 Å². The van der Waals surface area contributed by atoms with Crippen LogP contribution in [0.3, 0.4) is 0 Å². The zero-order chi connectivity index (χ0) is 8.85. The lowest BCUT2D eigenvalue weighted by Crippen LogP contribution is -2.39. The molecule has 66 valence electrons. The lowest BCUT2D eigenvalue weighted by molar-refractivity contribution is 0.120. The van der Waals surface area contributed by atoms with Crippen LogP contribution in [0.25, 0.3) is 0 Å². The Hall–Kier alpha value is -0.340. The largest absolute Gasteiger partial charge is 0.391 e. The number of aliphatic hydroxyl groups excluding tert-OH is 1. The molecule has 0 saturated carbocycles. The van der Waals surface area contributed by atoms with Gasteiger partial charge < -0.3 is 10.8 Å². The van der Waals surface area contributed by atoms with Gasteiger partial charge in [0.15, 0.2) is 0 Å². The van der Waals surface area contributed by atoms with E-state index in [1.165, 1.54) is 0 Å². The fraction of sp³-hybridized carbons (Fsp3) is 0.778. The SMILES string of the molecule is C=CC(C)C(N)[C@H](O)CCC. The average Bonchev–Trinajstić information content (AvgIpc) is 2.02. The Bertz CT molecular complexity index is 114. The summed E-state index contributed by atoms with van der Waals surface area (Å²) in [5.41, 5.74) is 5.74. The van der Waals surface area contributed by atoms with Crippen LogP contribution in [0.2, 0.25) is 0 Å². The van der Waals surface area contributed by atoms with Gasteiger partial charge in [-0.1, -0.05) is 26.3 Å². The smallest absolute Gasteiger partial charge is 0.0696 e. The minimum atomic E-state index is -0.381. The van der Waals surface area contributed by atoms with Crippen molar-refractivity contribution < 1.29 is 5.11 Å².